The largest absolute Gasteiger partial charge is 0.390 e. The Kier molecular flexibility index (Phi) is 2.29. The van der Waals surface area contributed by atoms with Gasteiger partial charge in [-0.25, -0.2) is 0 Å². The molecule has 0 aliphatic heterocycles. The van der Waals surface area contributed by atoms with E-state index in [-0.39, 0.29) is 11.5 Å². The fourth-order valence-corrected chi connectivity index (χ4v) is 1.85. The Morgan fingerprint density at radius 2 is 2.25 bits per heavy atom. The van der Waals surface area contributed by atoms with Crippen molar-refractivity contribution in [3.05, 3.63) is 12.2 Å². The van der Waals surface area contributed by atoms with Crippen LogP contribution in [0.15, 0.2) is 12.2 Å². The molecular formula is C9H18N2O. The van der Waals surface area contributed by atoms with Gasteiger partial charge in [-0.1, -0.05) is 12.2 Å². The van der Waals surface area contributed by atoms with Crippen LogP contribution in [0.2, 0.25) is 0 Å². The smallest absolute Gasteiger partial charge is 0.0641 e. The van der Waals surface area contributed by atoms with Crippen LogP contribution in [0, 0.1) is 5.92 Å². The lowest BCUT2D eigenvalue weighted by Gasteiger charge is -2.21. The van der Waals surface area contributed by atoms with Gasteiger partial charge in [-0.2, -0.15) is 0 Å². The van der Waals surface area contributed by atoms with Gasteiger partial charge in [0.25, 0.3) is 0 Å². The average molecular weight is 170 g/mol. The van der Waals surface area contributed by atoms with Crippen molar-refractivity contribution in [2.24, 2.45) is 11.8 Å². The van der Waals surface area contributed by atoms with Crippen LogP contribution in [-0.4, -0.2) is 16.2 Å². The van der Waals surface area contributed by atoms with Crippen molar-refractivity contribution in [1.29, 1.82) is 0 Å². The molecule has 1 aliphatic rings. The normalized spacial score (nSPS) is 35.9. The van der Waals surface area contributed by atoms with E-state index in [1.807, 2.05) is 32.9 Å². The van der Waals surface area contributed by atoms with Crippen LogP contribution in [0.25, 0.3) is 0 Å². The van der Waals surface area contributed by atoms with Crippen molar-refractivity contribution in [2.45, 2.75) is 38.3 Å². The molecule has 1 aliphatic carbocycles. The minimum absolute atomic E-state index is 0.160. The maximum absolute atomic E-state index is 9.72. The maximum atomic E-state index is 9.72. The summed E-state index contributed by atoms with van der Waals surface area (Å²) in [5, 5.41) is 9.72. The van der Waals surface area contributed by atoms with Crippen LogP contribution in [-0.2, 0) is 0 Å². The van der Waals surface area contributed by atoms with Crippen LogP contribution in [0.1, 0.15) is 27.2 Å². The molecule has 4 N–H and O–H groups in total. The highest BCUT2D eigenvalue weighted by Gasteiger charge is 2.58. The first-order valence-corrected chi connectivity index (χ1v) is 4.30. The highest BCUT2D eigenvalue weighted by atomic mass is 16.3. The lowest BCUT2D eigenvalue weighted by atomic mass is 9.99. The van der Waals surface area contributed by atoms with Gasteiger partial charge in [0.15, 0.2) is 0 Å². The second-order valence-corrected chi connectivity index (χ2v) is 4.10. The fourth-order valence-electron chi connectivity index (χ4n) is 1.85. The predicted octanol–water partition coefficient (Wildman–Crippen LogP) is 0.555. The maximum Gasteiger partial charge on any atom is 0.0641 e. The molecule has 0 amide bonds. The second kappa shape index (κ2) is 2.83. The third-order valence-electron chi connectivity index (χ3n) is 2.59. The van der Waals surface area contributed by atoms with Crippen LogP contribution >= 0.6 is 0 Å². The van der Waals surface area contributed by atoms with Gasteiger partial charge in [-0.05, 0) is 27.2 Å². The van der Waals surface area contributed by atoms with E-state index >= 15 is 0 Å². The lowest BCUT2D eigenvalue weighted by Crippen LogP contribution is -2.41. The number of hydrogen-bond acceptors (Lipinski definition) is 3. The average Bonchev–Trinajstić information content (AvgIpc) is 2.64. The molecular weight excluding hydrogens is 152 g/mol. The summed E-state index contributed by atoms with van der Waals surface area (Å²) in [4.78, 5) is 0. The summed E-state index contributed by atoms with van der Waals surface area (Å²) in [6.45, 7) is 5.60. The van der Waals surface area contributed by atoms with Gasteiger partial charge < -0.3 is 5.11 Å². The van der Waals surface area contributed by atoms with E-state index < -0.39 is 5.60 Å². The zero-order valence-corrected chi connectivity index (χ0v) is 7.96. The molecule has 3 nitrogen and oxygen atoms in total. The number of aliphatic hydroxyl groups is 1. The molecule has 12 heavy (non-hydrogen) atoms. The van der Waals surface area contributed by atoms with Gasteiger partial charge >= 0.3 is 0 Å². The van der Waals surface area contributed by atoms with E-state index in [2.05, 4.69) is 5.43 Å². The number of hydrogen-bond donors (Lipinski definition) is 3. The van der Waals surface area contributed by atoms with Gasteiger partial charge in [0.05, 0.1) is 11.1 Å². The first kappa shape index (κ1) is 9.71. The highest BCUT2D eigenvalue weighted by molar-refractivity contribution is 5.24. The molecule has 0 aromatic heterocycles. The van der Waals surface area contributed by atoms with E-state index in [4.69, 9.17) is 5.84 Å². The minimum atomic E-state index is -0.647. The first-order valence-electron chi connectivity index (χ1n) is 4.30. The van der Waals surface area contributed by atoms with Crippen molar-refractivity contribution in [1.82, 2.24) is 5.43 Å². The lowest BCUT2D eigenvalue weighted by molar-refractivity contribution is 0.0489. The zero-order chi connectivity index (χ0) is 9.41. The number of nitrogens with two attached hydrogens (primary N) is 1. The topological polar surface area (TPSA) is 58.3 Å². The molecule has 0 bridgehead atoms. The van der Waals surface area contributed by atoms with E-state index in [0.29, 0.717) is 0 Å². The van der Waals surface area contributed by atoms with Crippen LogP contribution in [0.3, 0.4) is 0 Å². The van der Waals surface area contributed by atoms with Crippen molar-refractivity contribution in [3.8, 4) is 0 Å². The minimum Gasteiger partial charge on any atom is -0.390 e. The Balaban J connectivity index is 2.68. The molecule has 0 saturated heterocycles. The zero-order valence-electron chi connectivity index (χ0n) is 7.96. The number of nitrogens with one attached hydrogen (secondary N) is 1. The molecule has 0 heterocycles. The molecule has 0 spiro atoms. The predicted molar refractivity (Wildman–Crippen MR) is 49.3 cm³/mol. The molecule has 0 radical (unpaired) electrons. The Hall–Kier alpha value is -0.380. The quantitative estimate of drug-likeness (QED) is 0.329. The van der Waals surface area contributed by atoms with Crippen molar-refractivity contribution >= 4 is 0 Å². The summed E-state index contributed by atoms with van der Waals surface area (Å²) in [5.74, 6) is 5.66. The van der Waals surface area contributed by atoms with Crippen molar-refractivity contribution in [2.75, 3.05) is 0 Å². The molecule has 2 atom stereocenters. The molecule has 1 rings (SSSR count). The molecule has 70 valence electrons. The number of hydrazine groups is 1. The van der Waals surface area contributed by atoms with E-state index in [1.54, 1.807) is 0 Å². The van der Waals surface area contributed by atoms with Crippen LogP contribution < -0.4 is 11.3 Å². The molecule has 0 aromatic carbocycles. The standard InChI is InChI=1S/C9H18N2O/c1-4-5-9(11-10)6-7(9)8(2,3)12/h4-5,7,11-12H,6,10H2,1-3H3/b5-4-. The highest BCUT2D eigenvalue weighted by Crippen LogP contribution is 2.50. The molecule has 3 heteroatoms. The van der Waals surface area contributed by atoms with Gasteiger partial charge in [0.1, 0.15) is 0 Å². The fraction of sp³-hybridized carbons (Fsp3) is 0.778. The molecule has 1 fully saturated rings. The van der Waals surface area contributed by atoms with Gasteiger partial charge in [-0.15, -0.1) is 0 Å². The van der Waals surface area contributed by atoms with E-state index in [1.165, 1.54) is 0 Å². The van der Waals surface area contributed by atoms with Gasteiger partial charge in [-0.3, -0.25) is 11.3 Å². The Bertz CT molecular complexity index is 195. The Labute approximate surface area is 73.6 Å². The third-order valence-corrected chi connectivity index (χ3v) is 2.59. The van der Waals surface area contributed by atoms with Crippen LogP contribution in [0.5, 0.6) is 0 Å². The summed E-state index contributed by atoms with van der Waals surface area (Å²) in [7, 11) is 0. The summed E-state index contributed by atoms with van der Waals surface area (Å²) < 4.78 is 0. The number of allylic oxidation sites excluding steroid dienone is 1. The molecule has 1 saturated carbocycles. The monoisotopic (exact) mass is 170 g/mol. The SMILES string of the molecule is C/C=C\C1(NN)CC1C(C)(C)O. The Morgan fingerprint density at radius 3 is 2.50 bits per heavy atom. The summed E-state index contributed by atoms with van der Waals surface area (Å²) in [6, 6.07) is 0. The molecule has 0 aromatic rings. The van der Waals surface area contributed by atoms with Crippen molar-refractivity contribution in [3.63, 3.8) is 0 Å². The first-order chi connectivity index (χ1) is 5.46. The van der Waals surface area contributed by atoms with E-state index in [0.717, 1.165) is 6.42 Å². The summed E-state index contributed by atoms with van der Waals surface area (Å²) >= 11 is 0. The van der Waals surface area contributed by atoms with Crippen molar-refractivity contribution < 1.29 is 5.11 Å². The summed E-state index contributed by atoms with van der Waals surface area (Å²) in [5.41, 5.74) is 1.96. The van der Waals surface area contributed by atoms with E-state index in [9.17, 15) is 5.11 Å². The van der Waals surface area contributed by atoms with Gasteiger partial charge in [0, 0.05) is 5.92 Å². The van der Waals surface area contributed by atoms with Crippen LogP contribution in [0.4, 0.5) is 0 Å². The summed E-state index contributed by atoms with van der Waals surface area (Å²) in [6.07, 6.45) is 4.90. The van der Waals surface area contributed by atoms with Gasteiger partial charge in [0.2, 0.25) is 0 Å². The second-order valence-electron chi connectivity index (χ2n) is 4.10. The molecule has 2 unspecified atom stereocenters. The number of rotatable bonds is 3. The third kappa shape index (κ3) is 1.53. The Morgan fingerprint density at radius 1 is 1.67 bits per heavy atom.